The number of hydrogen-bond donors (Lipinski definition) is 0. The molecule has 2 aliphatic rings. The van der Waals surface area contributed by atoms with Gasteiger partial charge in [-0.15, -0.1) is 0 Å². The third-order valence-corrected chi connectivity index (χ3v) is 11.0. The Morgan fingerprint density at radius 3 is 1.33 bits per heavy atom. The Kier molecular flexibility index (Phi) is 9.09. The lowest BCUT2D eigenvalue weighted by Crippen LogP contribution is -2.41. The second kappa shape index (κ2) is 13.1. The van der Waals surface area contributed by atoms with Gasteiger partial charge in [-0.25, -0.2) is 0 Å². The minimum atomic E-state index is -0.428. The van der Waals surface area contributed by atoms with Crippen molar-refractivity contribution in [3.05, 3.63) is 109 Å². The van der Waals surface area contributed by atoms with E-state index in [4.69, 9.17) is 28.1 Å². The lowest BCUT2D eigenvalue weighted by molar-refractivity contribution is 0.00578. The van der Waals surface area contributed by atoms with Gasteiger partial charge in [0.25, 0.3) is 0 Å². The van der Waals surface area contributed by atoms with Crippen LogP contribution in [0.2, 0.25) is 0 Å². The Bertz CT molecular complexity index is 1900. The maximum Gasteiger partial charge on any atom is 0.494 e. The van der Waals surface area contributed by atoms with Gasteiger partial charge >= 0.3 is 14.2 Å². The number of anilines is 3. The smallest absolute Gasteiger partial charge is 0.468 e. The van der Waals surface area contributed by atoms with Crippen LogP contribution < -0.4 is 20.6 Å². The SMILES string of the molecule is COCOc1ccc2cc(-c3ccc(N(c4ccc(B5OC(C)(C)C(C)(C)O5)cc4)c4ccc(B5OC(C)(C)C(C)(C)O5)cc4)cc3)ccc2c1. The second-order valence-electron chi connectivity index (χ2n) is 15.5. The first-order chi connectivity index (χ1) is 24.2. The van der Waals surface area contributed by atoms with Gasteiger partial charge in [-0.3, -0.25) is 0 Å². The van der Waals surface area contributed by atoms with Crippen LogP contribution in [0.15, 0.2) is 109 Å². The third-order valence-electron chi connectivity index (χ3n) is 11.0. The van der Waals surface area contributed by atoms with Crippen molar-refractivity contribution in [2.75, 3.05) is 18.8 Å². The summed E-state index contributed by atoms with van der Waals surface area (Å²) in [6.07, 6.45) is 0. The number of ether oxygens (including phenoxy) is 2. The molecule has 7 rings (SSSR count). The first-order valence-electron chi connectivity index (χ1n) is 17.6. The normalized spacial score (nSPS) is 18.7. The van der Waals surface area contributed by atoms with Crippen LogP contribution >= 0.6 is 0 Å². The zero-order chi connectivity index (χ0) is 36.2. The highest BCUT2D eigenvalue weighted by atomic mass is 16.7. The van der Waals surface area contributed by atoms with E-state index in [2.05, 4.69) is 157 Å². The van der Waals surface area contributed by atoms with Gasteiger partial charge < -0.3 is 33.0 Å². The molecule has 51 heavy (non-hydrogen) atoms. The van der Waals surface area contributed by atoms with Gasteiger partial charge in [0.1, 0.15) is 5.75 Å². The molecular weight excluding hydrogens is 636 g/mol. The van der Waals surface area contributed by atoms with Crippen LogP contribution in [0.3, 0.4) is 0 Å². The van der Waals surface area contributed by atoms with Gasteiger partial charge in [-0.1, -0.05) is 54.6 Å². The molecule has 2 aliphatic heterocycles. The molecular formula is C42H47B2NO6. The second-order valence-corrected chi connectivity index (χ2v) is 15.5. The summed E-state index contributed by atoms with van der Waals surface area (Å²) >= 11 is 0. The predicted octanol–water partition coefficient (Wildman–Crippen LogP) is 8.56. The zero-order valence-electron chi connectivity index (χ0n) is 31.2. The van der Waals surface area contributed by atoms with Crippen LogP contribution in [0.1, 0.15) is 55.4 Å². The first-order valence-corrected chi connectivity index (χ1v) is 17.6. The van der Waals surface area contributed by atoms with E-state index in [1.54, 1.807) is 7.11 Å². The third kappa shape index (κ3) is 6.82. The molecule has 0 aromatic heterocycles. The molecule has 5 aromatic carbocycles. The highest BCUT2D eigenvalue weighted by molar-refractivity contribution is 6.62. The van der Waals surface area contributed by atoms with E-state index in [0.717, 1.165) is 55.6 Å². The van der Waals surface area contributed by atoms with Crippen LogP contribution in [0.25, 0.3) is 21.9 Å². The predicted molar refractivity (Wildman–Crippen MR) is 208 cm³/mol. The minimum absolute atomic E-state index is 0.224. The minimum Gasteiger partial charge on any atom is -0.468 e. The maximum atomic E-state index is 6.34. The van der Waals surface area contributed by atoms with E-state index in [1.165, 1.54) is 0 Å². The average molecular weight is 683 g/mol. The summed E-state index contributed by atoms with van der Waals surface area (Å²) in [5.74, 6) is 0.787. The molecule has 0 saturated carbocycles. The molecule has 7 nitrogen and oxygen atoms in total. The first kappa shape index (κ1) is 35.3. The molecule has 0 N–H and O–H groups in total. The van der Waals surface area contributed by atoms with Crippen molar-refractivity contribution in [3.8, 4) is 16.9 Å². The Balaban J connectivity index is 1.19. The maximum absolute atomic E-state index is 6.34. The molecule has 2 fully saturated rings. The molecule has 262 valence electrons. The number of rotatable bonds is 9. The van der Waals surface area contributed by atoms with Crippen LogP contribution in [0.4, 0.5) is 17.1 Å². The molecule has 0 amide bonds. The monoisotopic (exact) mass is 683 g/mol. The number of hydrogen-bond acceptors (Lipinski definition) is 7. The molecule has 0 unspecified atom stereocenters. The van der Waals surface area contributed by atoms with Crippen LogP contribution in [-0.2, 0) is 23.4 Å². The van der Waals surface area contributed by atoms with E-state index in [0.29, 0.717) is 0 Å². The van der Waals surface area contributed by atoms with Crippen molar-refractivity contribution in [2.24, 2.45) is 0 Å². The van der Waals surface area contributed by atoms with Crippen molar-refractivity contribution in [1.29, 1.82) is 0 Å². The molecule has 0 aliphatic carbocycles. The van der Waals surface area contributed by atoms with Gasteiger partial charge in [0.15, 0.2) is 6.79 Å². The standard InChI is InChI=1S/C42H47B2NO6/c1-39(2)40(3,4)49-43(48-39)33-15-21-36(22-16-33)45(37-23-17-34(18-24-37)44-50-41(5,6)42(7,8)51-44)35-19-12-29(13-20-35)30-10-11-32-27-38(47-28-46-9)25-14-31(32)26-30/h10-27H,28H2,1-9H3. The summed E-state index contributed by atoms with van der Waals surface area (Å²) < 4.78 is 36.1. The Morgan fingerprint density at radius 1 is 0.490 bits per heavy atom. The van der Waals surface area contributed by atoms with E-state index < -0.39 is 36.6 Å². The van der Waals surface area contributed by atoms with E-state index >= 15 is 0 Å². The number of methoxy groups -OCH3 is 1. The highest BCUT2D eigenvalue weighted by Crippen LogP contribution is 2.40. The Hall–Kier alpha value is -4.11. The van der Waals surface area contributed by atoms with Gasteiger partial charge in [-0.2, -0.15) is 0 Å². The molecule has 0 spiro atoms. The van der Waals surface area contributed by atoms with Gasteiger partial charge in [0, 0.05) is 24.2 Å². The van der Waals surface area contributed by atoms with E-state index in [9.17, 15) is 0 Å². The fraction of sp³-hybridized carbons (Fsp3) is 0.333. The lowest BCUT2D eigenvalue weighted by atomic mass is 9.79. The van der Waals surface area contributed by atoms with Crippen molar-refractivity contribution in [2.45, 2.75) is 77.8 Å². The zero-order valence-corrected chi connectivity index (χ0v) is 31.2. The Morgan fingerprint density at radius 2 is 0.882 bits per heavy atom. The van der Waals surface area contributed by atoms with Gasteiger partial charge in [0.2, 0.25) is 0 Å². The molecule has 0 bridgehead atoms. The highest BCUT2D eigenvalue weighted by Gasteiger charge is 2.52. The lowest BCUT2D eigenvalue weighted by Gasteiger charge is -2.32. The molecule has 2 heterocycles. The molecule has 5 aromatic rings. The topological polar surface area (TPSA) is 58.6 Å². The summed E-state index contributed by atoms with van der Waals surface area (Å²) in [5.41, 5.74) is 5.68. The quantitative estimate of drug-likeness (QED) is 0.114. The van der Waals surface area contributed by atoms with Crippen molar-refractivity contribution in [1.82, 2.24) is 0 Å². The van der Waals surface area contributed by atoms with Crippen LogP contribution in [0, 0.1) is 0 Å². The fourth-order valence-electron chi connectivity index (χ4n) is 6.39. The van der Waals surface area contributed by atoms with Gasteiger partial charge in [0.05, 0.1) is 22.4 Å². The van der Waals surface area contributed by atoms with Crippen molar-refractivity contribution in [3.63, 3.8) is 0 Å². The summed E-state index contributed by atoms with van der Waals surface area (Å²) in [5, 5.41) is 2.26. The number of benzene rings is 5. The average Bonchev–Trinajstić information content (AvgIpc) is 3.47. The summed E-state index contributed by atoms with van der Waals surface area (Å²) in [6, 6.07) is 38.2. The summed E-state index contributed by atoms with van der Waals surface area (Å²) in [6.45, 7) is 16.8. The summed E-state index contributed by atoms with van der Waals surface area (Å²) in [4.78, 5) is 2.26. The van der Waals surface area contributed by atoms with E-state index in [-0.39, 0.29) is 6.79 Å². The molecule has 0 atom stereocenters. The van der Waals surface area contributed by atoms with Crippen molar-refractivity contribution >= 4 is 53.0 Å². The Labute approximate surface area is 303 Å². The number of fused-ring (bicyclic) bond motifs is 1. The largest absolute Gasteiger partial charge is 0.494 e. The van der Waals surface area contributed by atoms with E-state index in [1.807, 2.05) is 12.1 Å². The molecule has 2 saturated heterocycles. The van der Waals surface area contributed by atoms with Gasteiger partial charge in [-0.05, 0) is 143 Å². The van der Waals surface area contributed by atoms with Crippen LogP contribution in [-0.4, -0.2) is 50.5 Å². The molecule has 0 radical (unpaired) electrons. The molecule has 9 heteroatoms. The van der Waals surface area contributed by atoms with Crippen LogP contribution in [0.5, 0.6) is 5.75 Å². The summed E-state index contributed by atoms with van der Waals surface area (Å²) in [7, 11) is 0.764. The van der Waals surface area contributed by atoms with Crippen molar-refractivity contribution < 1.29 is 28.1 Å². The number of nitrogens with zero attached hydrogens (tertiary/aromatic N) is 1. The fourth-order valence-corrected chi connectivity index (χ4v) is 6.39.